The summed E-state index contributed by atoms with van der Waals surface area (Å²) >= 11 is 0. The Kier molecular flexibility index (Phi) is 8.62. The summed E-state index contributed by atoms with van der Waals surface area (Å²) in [6.07, 6.45) is -0.602. The van der Waals surface area contributed by atoms with Crippen LogP contribution in [0.1, 0.15) is 61.3 Å². The molecule has 11 heteroatoms. The maximum Gasteiger partial charge on any atom is 0.408 e. The van der Waals surface area contributed by atoms with Gasteiger partial charge in [0.2, 0.25) is 5.91 Å². The van der Waals surface area contributed by atoms with E-state index in [9.17, 15) is 19.2 Å². The molecule has 206 valence electrons. The number of alkyl carbamates (subject to hydrolysis) is 1. The average Bonchev–Trinajstić information content (AvgIpc) is 3.35. The Labute approximate surface area is 215 Å². The van der Waals surface area contributed by atoms with Crippen molar-refractivity contribution < 1.29 is 37.8 Å². The van der Waals surface area contributed by atoms with Gasteiger partial charge in [-0.05, 0) is 64.6 Å². The molecule has 0 saturated heterocycles. The number of carbonyl (C=O) groups is 4. The second kappa shape index (κ2) is 10.3. The van der Waals surface area contributed by atoms with E-state index in [4.69, 9.17) is 18.6 Å². The molecule has 0 heterocycles. The first-order valence-electron chi connectivity index (χ1n) is 12.5. The van der Waals surface area contributed by atoms with Crippen molar-refractivity contribution in [3.8, 4) is 0 Å². The molecular formula is C25H44N2O8Si. The zero-order valence-electron chi connectivity index (χ0n) is 23.6. The number of amides is 2. The van der Waals surface area contributed by atoms with Crippen molar-refractivity contribution in [3.05, 3.63) is 0 Å². The average molecular weight is 529 g/mol. The van der Waals surface area contributed by atoms with Crippen molar-refractivity contribution in [1.29, 1.82) is 0 Å². The second-order valence-electron chi connectivity index (χ2n) is 12.4. The number of rotatable bonds is 8. The molecule has 0 aromatic rings. The third kappa shape index (κ3) is 6.22. The molecule has 0 unspecified atom stereocenters. The summed E-state index contributed by atoms with van der Waals surface area (Å²) in [4.78, 5) is 51.7. The topological polar surface area (TPSA) is 129 Å². The maximum atomic E-state index is 13.7. The summed E-state index contributed by atoms with van der Waals surface area (Å²) in [6, 6.07) is -1.15. The lowest BCUT2D eigenvalue weighted by Gasteiger charge is -2.41. The molecule has 10 nitrogen and oxygen atoms in total. The molecule has 2 amide bonds. The highest BCUT2D eigenvalue weighted by Crippen LogP contribution is 2.63. The Morgan fingerprint density at radius 1 is 1.00 bits per heavy atom. The summed E-state index contributed by atoms with van der Waals surface area (Å²) in [5, 5.41) is 5.37. The first-order valence-corrected chi connectivity index (χ1v) is 15.4. The Morgan fingerprint density at radius 2 is 1.58 bits per heavy atom. The van der Waals surface area contributed by atoms with E-state index in [0.717, 1.165) is 0 Å². The van der Waals surface area contributed by atoms with Crippen LogP contribution in [0, 0.1) is 17.8 Å². The second-order valence-corrected chi connectivity index (χ2v) is 17.2. The highest BCUT2D eigenvalue weighted by Gasteiger charge is 2.72. The normalized spacial score (nSPS) is 27.2. The largest absolute Gasteiger partial charge is 0.469 e. The monoisotopic (exact) mass is 528 g/mol. The van der Waals surface area contributed by atoms with Gasteiger partial charge in [0.05, 0.1) is 26.2 Å². The minimum atomic E-state index is -2.33. The molecule has 2 rings (SSSR count). The molecule has 0 radical (unpaired) electrons. The molecular weight excluding hydrogens is 484 g/mol. The van der Waals surface area contributed by atoms with E-state index in [1.807, 2.05) is 0 Å². The fourth-order valence-corrected chi connectivity index (χ4v) is 6.30. The zero-order chi connectivity index (χ0) is 27.9. The lowest BCUT2D eigenvalue weighted by molar-refractivity contribution is -0.153. The highest BCUT2D eigenvalue weighted by molar-refractivity contribution is 6.74. The van der Waals surface area contributed by atoms with Crippen LogP contribution in [0.15, 0.2) is 0 Å². The van der Waals surface area contributed by atoms with E-state index in [1.165, 1.54) is 14.2 Å². The molecule has 0 bridgehead atoms. The smallest absolute Gasteiger partial charge is 0.408 e. The van der Waals surface area contributed by atoms with Gasteiger partial charge in [0.15, 0.2) is 8.32 Å². The van der Waals surface area contributed by atoms with Crippen LogP contribution in [0.25, 0.3) is 0 Å². The van der Waals surface area contributed by atoms with Gasteiger partial charge in [0.25, 0.3) is 0 Å². The Hall–Kier alpha value is -2.14. The van der Waals surface area contributed by atoms with Gasteiger partial charge in [-0.2, -0.15) is 0 Å². The lowest BCUT2D eigenvalue weighted by atomic mass is 9.89. The molecule has 2 saturated carbocycles. The molecule has 0 spiro atoms. The van der Waals surface area contributed by atoms with Crippen LogP contribution in [0.2, 0.25) is 18.1 Å². The zero-order valence-corrected chi connectivity index (χ0v) is 24.6. The van der Waals surface area contributed by atoms with Crippen LogP contribution in [0.4, 0.5) is 4.79 Å². The van der Waals surface area contributed by atoms with Crippen molar-refractivity contribution in [2.45, 2.75) is 103 Å². The Morgan fingerprint density at radius 3 is 2.06 bits per heavy atom. The van der Waals surface area contributed by atoms with Crippen LogP contribution >= 0.6 is 0 Å². The van der Waals surface area contributed by atoms with Gasteiger partial charge in [-0.15, -0.1) is 0 Å². The first-order chi connectivity index (χ1) is 16.3. The van der Waals surface area contributed by atoms with E-state index >= 15 is 0 Å². The molecule has 2 N–H and O–H groups in total. The molecule has 2 fully saturated rings. The van der Waals surface area contributed by atoms with E-state index in [2.05, 4.69) is 44.5 Å². The van der Waals surface area contributed by atoms with Crippen LogP contribution in [0.3, 0.4) is 0 Å². The van der Waals surface area contributed by atoms with Crippen LogP contribution in [0.5, 0.6) is 0 Å². The fraction of sp³-hybridized carbons (Fsp3) is 0.840. The number of hydrogen-bond acceptors (Lipinski definition) is 8. The van der Waals surface area contributed by atoms with Gasteiger partial charge in [-0.25, -0.2) is 9.59 Å². The molecule has 6 atom stereocenters. The van der Waals surface area contributed by atoms with Crippen molar-refractivity contribution >= 4 is 32.3 Å². The maximum absolute atomic E-state index is 13.7. The summed E-state index contributed by atoms with van der Waals surface area (Å²) in [5.41, 5.74) is -2.16. The fourth-order valence-electron chi connectivity index (χ4n) is 4.88. The Bertz CT molecular complexity index is 878. The summed E-state index contributed by atoms with van der Waals surface area (Å²) in [5.74, 6) is -2.63. The van der Waals surface area contributed by atoms with E-state index in [0.29, 0.717) is 12.8 Å². The number of nitrogens with one attached hydrogen (secondary N) is 2. The number of fused-ring (bicyclic) bond motifs is 1. The van der Waals surface area contributed by atoms with Gasteiger partial charge >= 0.3 is 18.0 Å². The summed E-state index contributed by atoms with van der Waals surface area (Å²) in [7, 11) is 0.223. The summed E-state index contributed by atoms with van der Waals surface area (Å²) in [6.45, 7) is 17.2. The minimum Gasteiger partial charge on any atom is -0.469 e. The molecule has 0 aromatic carbocycles. The van der Waals surface area contributed by atoms with E-state index < -0.39 is 67.4 Å². The summed E-state index contributed by atoms with van der Waals surface area (Å²) < 4.78 is 21.8. The third-order valence-corrected chi connectivity index (χ3v) is 12.3. The molecule has 2 aliphatic carbocycles. The number of esters is 2. The predicted molar refractivity (Wildman–Crippen MR) is 136 cm³/mol. The van der Waals surface area contributed by atoms with Crippen LogP contribution in [-0.2, 0) is 33.0 Å². The number of hydrogen-bond donors (Lipinski definition) is 2. The predicted octanol–water partition coefficient (Wildman–Crippen LogP) is 3.15. The van der Waals surface area contributed by atoms with Gasteiger partial charge in [-0.3, -0.25) is 9.59 Å². The first kappa shape index (κ1) is 30.1. The molecule has 0 aliphatic heterocycles. The van der Waals surface area contributed by atoms with Gasteiger partial charge in [0, 0.05) is 5.92 Å². The van der Waals surface area contributed by atoms with Crippen molar-refractivity contribution in [3.63, 3.8) is 0 Å². The van der Waals surface area contributed by atoms with Crippen molar-refractivity contribution in [2.75, 3.05) is 14.2 Å². The quantitative estimate of drug-likeness (QED) is 0.279. The van der Waals surface area contributed by atoms with Gasteiger partial charge in [0.1, 0.15) is 17.2 Å². The highest BCUT2D eigenvalue weighted by atomic mass is 28.4. The van der Waals surface area contributed by atoms with Crippen LogP contribution < -0.4 is 10.6 Å². The number of methoxy groups -OCH3 is 2. The van der Waals surface area contributed by atoms with Crippen molar-refractivity contribution in [2.24, 2.45) is 17.8 Å². The van der Waals surface area contributed by atoms with Crippen molar-refractivity contribution in [1.82, 2.24) is 10.6 Å². The molecule has 0 aromatic heterocycles. The third-order valence-electron chi connectivity index (χ3n) is 7.69. The number of carbonyl (C=O) groups excluding carboxylic acids is 4. The van der Waals surface area contributed by atoms with E-state index in [-0.39, 0.29) is 11.0 Å². The van der Waals surface area contributed by atoms with Gasteiger partial charge in [-0.1, -0.05) is 20.8 Å². The van der Waals surface area contributed by atoms with Gasteiger partial charge < -0.3 is 29.3 Å². The minimum absolute atomic E-state index is 0.0741. The standard InChI is InChI=1S/C25H44N2O8Si/c1-14(35-36(10,11)24(5,6)7)18(26-22(31)34-23(2,3)4)19(28)27-25(21(30)33-9)13-12-15-16(17(15)25)20(29)32-8/h14-18H,12-13H2,1-11H3,(H,26,31)(H,27,28)/t14-,15+,16+,17+,18+,25+/m1/s1. The molecule has 2 aliphatic rings. The molecule has 36 heavy (non-hydrogen) atoms. The van der Waals surface area contributed by atoms with E-state index in [1.54, 1.807) is 27.7 Å². The SMILES string of the molecule is COC(=O)[C@H]1[C@@H]2CC[C@@](NC(=O)[C@@H](NC(=O)OC(C)(C)C)[C@@H](C)O[Si](C)(C)C(C)(C)C)(C(=O)OC)[C@@H]21. The number of ether oxygens (including phenoxy) is 3. The Balaban J connectivity index is 2.36. The lowest BCUT2D eigenvalue weighted by Crippen LogP contribution is -2.64. The van der Waals surface area contributed by atoms with Crippen LogP contribution in [-0.4, -0.2) is 69.8 Å².